The largest absolute Gasteiger partial charge is 0.322 e. The molecule has 0 radical (unpaired) electrons. The SMILES string of the molecule is C[C@H](N)c1nc2cccc(C#N)c2c(=O)n1-c1cccc(F)c1. The molecule has 2 aromatic carbocycles. The van der Waals surface area contributed by atoms with Gasteiger partial charge < -0.3 is 5.73 Å². The van der Waals surface area contributed by atoms with Crippen molar-refractivity contribution >= 4 is 10.9 Å². The minimum atomic E-state index is -0.541. The summed E-state index contributed by atoms with van der Waals surface area (Å²) in [7, 11) is 0. The smallest absolute Gasteiger partial charge is 0.267 e. The summed E-state index contributed by atoms with van der Waals surface area (Å²) in [6, 6.07) is 11.9. The first-order chi connectivity index (χ1) is 11.0. The van der Waals surface area contributed by atoms with Crippen LogP contribution in [0.5, 0.6) is 0 Å². The van der Waals surface area contributed by atoms with E-state index in [0.717, 1.165) is 0 Å². The lowest BCUT2D eigenvalue weighted by Crippen LogP contribution is -2.28. The Morgan fingerprint density at radius 2 is 2.04 bits per heavy atom. The molecule has 0 saturated heterocycles. The maximum Gasteiger partial charge on any atom is 0.267 e. The molecule has 5 nitrogen and oxygen atoms in total. The van der Waals surface area contributed by atoms with Crippen molar-refractivity contribution < 1.29 is 4.39 Å². The van der Waals surface area contributed by atoms with Crippen LogP contribution in [0.15, 0.2) is 47.3 Å². The third-order valence-corrected chi connectivity index (χ3v) is 3.52. The predicted octanol–water partition coefficient (Wildman–Crippen LogP) is 2.42. The number of nitrogens with zero attached hydrogens (tertiary/aromatic N) is 3. The van der Waals surface area contributed by atoms with Crippen molar-refractivity contribution in [1.29, 1.82) is 5.26 Å². The summed E-state index contributed by atoms with van der Waals surface area (Å²) in [6.07, 6.45) is 0. The molecule has 6 heteroatoms. The van der Waals surface area contributed by atoms with Crippen molar-refractivity contribution in [2.75, 3.05) is 0 Å². The second-order valence-electron chi connectivity index (χ2n) is 5.19. The van der Waals surface area contributed by atoms with Crippen LogP contribution < -0.4 is 11.3 Å². The number of nitriles is 1. The molecule has 3 aromatic rings. The minimum Gasteiger partial charge on any atom is -0.322 e. The topological polar surface area (TPSA) is 84.7 Å². The van der Waals surface area contributed by atoms with Gasteiger partial charge in [-0.1, -0.05) is 12.1 Å². The Balaban J connectivity index is 2.49. The standard InChI is InChI=1S/C17H13FN4O/c1-10(20)16-21-14-7-2-4-11(9-19)15(14)17(23)22(16)13-6-3-5-12(18)8-13/h2-8,10H,20H2,1H3/t10-/m0/s1. The minimum absolute atomic E-state index is 0.198. The van der Waals surface area contributed by atoms with Crippen LogP contribution in [0.1, 0.15) is 24.4 Å². The lowest BCUT2D eigenvalue weighted by molar-refractivity contribution is 0.624. The summed E-state index contributed by atoms with van der Waals surface area (Å²) in [5.74, 6) is -0.165. The van der Waals surface area contributed by atoms with Gasteiger partial charge >= 0.3 is 0 Å². The van der Waals surface area contributed by atoms with Crippen molar-refractivity contribution in [3.63, 3.8) is 0 Å². The molecule has 2 N–H and O–H groups in total. The molecule has 1 aromatic heterocycles. The van der Waals surface area contributed by atoms with Gasteiger partial charge in [-0.15, -0.1) is 0 Å². The van der Waals surface area contributed by atoms with E-state index in [1.165, 1.54) is 22.8 Å². The zero-order valence-electron chi connectivity index (χ0n) is 12.3. The fraction of sp³-hybridized carbons (Fsp3) is 0.118. The average Bonchev–Trinajstić information content (AvgIpc) is 2.53. The molecule has 3 rings (SSSR count). The highest BCUT2D eigenvalue weighted by molar-refractivity contribution is 5.84. The number of hydrogen-bond donors (Lipinski definition) is 1. The average molecular weight is 308 g/mol. The third kappa shape index (κ3) is 2.47. The molecule has 0 spiro atoms. The summed E-state index contributed by atoms with van der Waals surface area (Å²) in [6.45, 7) is 1.69. The van der Waals surface area contributed by atoms with Crippen LogP contribution in [-0.2, 0) is 0 Å². The Labute approximate surface area is 131 Å². The van der Waals surface area contributed by atoms with Gasteiger partial charge in [0.1, 0.15) is 17.7 Å². The molecule has 0 unspecified atom stereocenters. The van der Waals surface area contributed by atoms with E-state index in [4.69, 9.17) is 5.73 Å². The van der Waals surface area contributed by atoms with Gasteiger partial charge in [-0.3, -0.25) is 9.36 Å². The van der Waals surface area contributed by atoms with Gasteiger partial charge in [0.05, 0.1) is 28.2 Å². The van der Waals surface area contributed by atoms with Gasteiger partial charge in [-0.25, -0.2) is 9.37 Å². The van der Waals surface area contributed by atoms with Crippen LogP contribution in [0.4, 0.5) is 4.39 Å². The summed E-state index contributed by atoms with van der Waals surface area (Å²) in [5.41, 5.74) is 6.44. The number of hydrogen-bond acceptors (Lipinski definition) is 4. The highest BCUT2D eigenvalue weighted by Gasteiger charge is 2.17. The van der Waals surface area contributed by atoms with Gasteiger partial charge in [-0.05, 0) is 37.3 Å². The number of benzene rings is 2. The van der Waals surface area contributed by atoms with Crippen LogP contribution in [0.2, 0.25) is 0 Å². The van der Waals surface area contributed by atoms with E-state index in [2.05, 4.69) is 4.98 Å². The van der Waals surface area contributed by atoms with Gasteiger partial charge in [0.2, 0.25) is 0 Å². The second-order valence-corrected chi connectivity index (χ2v) is 5.19. The van der Waals surface area contributed by atoms with Crippen LogP contribution in [0, 0.1) is 17.1 Å². The zero-order valence-corrected chi connectivity index (χ0v) is 12.3. The molecule has 0 bridgehead atoms. The number of nitrogens with two attached hydrogens (primary N) is 1. The fourth-order valence-electron chi connectivity index (χ4n) is 2.51. The van der Waals surface area contributed by atoms with Crippen molar-refractivity contribution in [1.82, 2.24) is 9.55 Å². The molecule has 114 valence electrons. The fourth-order valence-corrected chi connectivity index (χ4v) is 2.51. The molecular weight excluding hydrogens is 295 g/mol. The maximum absolute atomic E-state index is 13.6. The third-order valence-electron chi connectivity index (χ3n) is 3.52. The van der Waals surface area contributed by atoms with Gasteiger partial charge in [0.15, 0.2) is 0 Å². The van der Waals surface area contributed by atoms with Crippen molar-refractivity contribution in [2.24, 2.45) is 5.73 Å². The normalized spacial score (nSPS) is 12.1. The van der Waals surface area contributed by atoms with E-state index in [-0.39, 0.29) is 10.9 Å². The highest BCUT2D eigenvalue weighted by atomic mass is 19.1. The zero-order chi connectivity index (χ0) is 16.6. The summed E-state index contributed by atoms with van der Waals surface area (Å²) >= 11 is 0. The first-order valence-corrected chi connectivity index (χ1v) is 7.00. The van der Waals surface area contributed by atoms with Crippen LogP contribution >= 0.6 is 0 Å². The monoisotopic (exact) mass is 308 g/mol. The Morgan fingerprint density at radius 3 is 2.70 bits per heavy atom. The maximum atomic E-state index is 13.6. The Bertz CT molecular complexity index is 1000. The lowest BCUT2D eigenvalue weighted by Gasteiger charge is -2.16. The van der Waals surface area contributed by atoms with E-state index in [9.17, 15) is 14.4 Å². The number of rotatable bonds is 2. The van der Waals surface area contributed by atoms with Gasteiger partial charge in [-0.2, -0.15) is 5.26 Å². The molecule has 0 fully saturated rings. The molecule has 23 heavy (non-hydrogen) atoms. The number of halogens is 1. The van der Waals surface area contributed by atoms with E-state index in [1.54, 1.807) is 31.2 Å². The number of fused-ring (bicyclic) bond motifs is 1. The molecule has 0 saturated carbocycles. The molecule has 1 atom stereocenters. The van der Waals surface area contributed by atoms with Crippen LogP contribution in [-0.4, -0.2) is 9.55 Å². The van der Waals surface area contributed by atoms with Crippen LogP contribution in [0.25, 0.3) is 16.6 Å². The van der Waals surface area contributed by atoms with Crippen molar-refractivity contribution in [3.05, 3.63) is 70.0 Å². The number of aromatic nitrogens is 2. The molecule has 0 aliphatic heterocycles. The first kappa shape index (κ1) is 14.9. The molecule has 0 aliphatic rings. The van der Waals surface area contributed by atoms with Gasteiger partial charge in [0.25, 0.3) is 5.56 Å². The quantitative estimate of drug-likeness (QED) is 0.788. The summed E-state index contributed by atoms with van der Waals surface area (Å²) in [5, 5.41) is 9.43. The molecular formula is C17H13FN4O. The Morgan fingerprint density at radius 1 is 1.30 bits per heavy atom. The Kier molecular flexibility index (Phi) is 3.64. The van der Waals surface area contributed by atoms with Crippen molar-refractivity contribution in [2.45, 2.75) is 13.0 Å². The summed E-state index contributed by atoms with van der Waals surface area (Å²) in [4.78, 5) is 17.4. The highest BCUT2D eigenvalue weighted by Crippen LogP contribution is 2.19. The molecule has 0 amide bonds. The second kappa shape index (κ2) is 5.63. The molecule has 1 heterocycles. The van der Waals surface area contributed by atoms with E-state index in [0.29, 0.717) is 17.0 Å². The van der Waals surface area contributed by atoms with Crippen molar-refractivity contribution in [3.8, 4) is 11.8 Å². The van der Waals surface area contributed by atoms with E-state index in [1.807, 2.05) is 6.07 Å². The van der Waals surface area contributed by atoms with E-state index >= 15 is 0 Å². The lowest BCUT2D eigenvalue weighted by atomic mass is 10.1. The Hall–Kier alpha value is -3.04. The van der Waals surface area contributed by atoms with Gasteiger partial charge in [0, 0.05) is 0 Å². The predicted molar refractivity (Wildman–Crippen MR) is 84.6 cm³/mol. The summed E-state index contributed by atoms with van der Waals surface area (Å²) < 4.78 is 14.8. The first-order valence-electron chi connectivity index (χ1n) is 7.00. The van der Waals surface area contributed by atoms with Crippen LogP contribution in [0.3, 0.4) is 0 Å². The molecule has 0 aliphatic carbocycles. The van der Waals surface area contributed by atoms with E-state index < -0.39 is 17.4 Å².